The molecule has 3 heterocycles. The van der Waals surface area contributed by atoms with E-state index in [4.69, 9.17) is 16.3 Å². The molecule has 6 nitrogen and oxygen atoms in total. The Labute approximate surface area is 163 Å². The van der Waals surface area contributed by atoms with Gasteiger partial charge in [0.25, 0.3) is 0 Å². The molecule has 4 rings (SSSR count). The zero-order valence-corrected chi connectivity index (χ0v) is 15.9. The topological polar surface area (TPSA) is 67.4 Å². The first-order valence-corrected chi connectivity index (χ1v) is 9.84. The van der Waals surface area contributed by atoms with Crippen molar-refractivity contribution in [3.8, 4) is 11.3 Å². The number of aromatic nitrogens is 2. The first-order chi connectivity index (χ1) is 13.2. The number of hydrogen-bond acceptors (Lipinski definition) is 5. The second-order valence-corrected chi connectivity index (χ2v) is 7.44. The first-order valence-electron chi connectivity index (χ1n) is 9.46. The van der Waals surface area contributed by atoms with Crippen LogP contribution in [0.25, 0.3) is 11.3 Å². The fourth-order valence-electron chi connectivity index (χ4n) is 3.64. The molecule has 1 amide bonds. The van der Waals surface area contributed by atoms with Crippen molar-refractivity contribution in [1.82, 2.24) is 15.5 Å². The Kier molecular flexibility index (Phi) is 5.55. The Bertz CT molecular complexity index is 785. The van der Waals surface area contributed by atoms with Crippen molar-refractivity contribution >= 4 is 23.3 Å². The minimum Gasteiger partial charge on any atom is -0.368 e. The molecule has 142 valence electrons. The average molecular weight is 387 g/mol. The van der Waals surface area contributed by atoms with Crippen LogP contribution in [-0.2, 0) is 9.53 Å². The summed E-state index contributed by atoms with van der Waals surface area (Å²) in [6, 6.07) is 11.8. The Hall–Kier alpha value is -2.18. The van der Waals surface area contributed by atoms with Gasteiger partial charge in [-0.25, -0.2) is 0 Å². The quantitative estimate of drug-likeness (QED) is 0.874. The van der Waals surface area contributed by atoms with E-state index in [2.05, 4.69) is 20.4 Å². The maximum absolute atomic E-state index is 12.2. The molecule has 1 N–H and O–H groups in total. The van der Waals surface area contributed by atoms with Crippen LogP contribution in [0.1, 0.15) is 25.7 Å². The molecule has 2 aromatic rings. The second kappa shape index (κ2) is 8.23. The van der Waals surface area contributed by atoms with Crippen LogP contribution in [0.3, 0.4) is 0 Å². The van der Waals surface area contributed by atoms with Gasteiger partial charge < -0.3 is 15.0 Å². The second-order valence-electron chi connectivity index (χ2n) is 7.03. The molecule has 1 aromatic heterocycles. The lowest BCUT2D eigenvalue weighted by Crippen LogP contribution is -2.47. The predicted molar refractivity (Wildman–Crippen MR) is 105 cm³/mol. The summed E-state index contributed by atoms with van der Waals surface area (Å²) < 4.78 is 5.45. The van der Waals surface area contributed by atoms with Crippen LogP contribution in [-0.4, -0.2) is 47.9 Å². The molecule has 7 heteroatoms. The Morgan fingerprint density at radius 3 is 2.59 bits per heavy atom. The Morgan fingerprint density at radius 1 is 1.11 bits per heavy atom. The number of amides is 1. The highest BCUT2D eigenvalue weighted by Crippen LogP contribution is 2.26. The molecule has 0 spiro atoms. The smallest absolute Gasteiger partial charge is 0.249 e. The summed E-state index contributed by atoms with van der Waals surface area (Å²) in [6.07, 6.45) is 3.34. The fourth-order valence-corrected chi connectivity index (χ4v) is 3.87. The van der Waals surface area contributed by atoms with Gasteiger partial charge in [0.2, 0.25) is 5.91 Å². The van der Waals surface area contributed by atoms with Gasteiger partial charge in [0.15, 0.2) is 5.82 Å². The third-order valence-corrected chi connectivity index (χ3v) is 5.52. The lowest BCUT2D eigenvalue weighted by molar-refractivity contribution is -0.130. The number of rotatable bonds is 4. The van der Waals surface area contributed by atoms with E-state index in [-0.39, 0.29) is 18.1 Å². The van der Waals surface area contributed by atoms with E-state index >= 15 is 0 Å². The maximum atomic E-state index is 12.2. The van der Waals surface area contributed by atoms with Crippen LogP contribution >= 0.6 is 11.6 Å². The monoisotopic (exact) mass is 386 g/mol. The number of hydrogen-bond donors (Lipinski definition) is 1. The van der Waals surface area contributed by atoms with E-state index < -0.39 is 0 Å². The van der Waals surface area contributed by atoms with E-state index in [1.54, 1.807) is 0 Å². The minimum absolute atomic E-state index is 0.0369. The number of benzene rings is 1. The molecular formula is C20H23ClN4O2. The van der Waals surface area contributed by atoms with Crippen LogP contribution in [0.4, 0.5) is 5.82 Å². The summed E-state index contributed by atoms with van der Waals surface area (Å²) in [6.45, 7) is 2.38. The molecule has 1 aromatic carbocycles. The summed E-state index contributed by atoms with van der Waals surface area (Å²) in [4.78, 5) is 14.4. The van der Waals surface area contributed by atoms with E-state index in [1.165, 1.54) is 0 Å². The highest BCUT2D eigenvalue weighted by Gasteiger charge is 2.27. The Morgan fingerprint density at radius 2 is 1.93 bits per heavy atom. The average Bonchev–Trinajstić information content (AvgIpc) is 3.24. The number of carbonyl (C=O) groups excluding carboxylic acids is 1. The van der Waals surface area contributed by atoms with Gasteiger partial charge in [0.05, 0.1) is 10.7 Å². The summed E-state index contributed by atoms with van der Waals surface area (Å²) in [5.74, 6) is 0.893. The van der Waals surface area contributed by atoms with Gasteiger partial charge >= 0.3 is 0 Å². The van der Waals surface area contributed by atoms with Crippen LogP contribution in [0.2, 0.25) is 5.02 Å². The number of anilines is 1. The van der Waals surface area contributed by atoms with Crippen molar-refractivity contribution in [3.05, 3.63) is 41.4 Å². The fraction of sp³-hybridized carbons (Fsp3) is 0.450. The zero-order valence-electron chi connectivity index (χ0n) is 15.1. The van der Waals surface area contributed by atoms with Gasteiger partial charge in [0, 0.05) is 31.3 Å². The summed E-state index contributed by atoms with van der Waals surface area (Å²) >= 11 is 6.23. The van der Waals surface area contributed by atoms with Gasteiger partial charge in [-0.15, -0.1) is 10.2 Å². The number of ether oxygens (including phenoxy) is 1. The van der Waals surface area contributed by atoms with Crippen LogP contribution in [0.5, 0.6) is 0 Å². The molecule has 2 aliphatic rings. The lowest BCUT2D eigenvalue weighted by atomic mass is 10.0. The standard InChI is InChI=1S/C20H23ClN4O2/c21-16-5-2-1-4-15(16)17-7-8-19(24-23-17)25-11-9-14(10-12-25)22-20(26)18-6-3-13-27-18/h1-2,4-5,7-8,14,18H,3,6,9-13H2,(H,22,26)/t18-/m0/s1. The van der Waals surface area contributed by atoms with Crippen molar-refractivity contribution in [2.75, 3.05) is 24.6 Å². The molecule has 0 bridgehead atoms. The summed E-state index contributed by atoms with van der Waals surface area (Å²) in [5.41, 5.74) is 1.65. The number of carbonyl (C=O) groups is 1. The Balaban J connectivity index is 1.33. The molecule has 0 radical (unpaired) electrons. The van der Waals surface area contributed by atoms with E-state index in [0.29, 0.717) is 11.6 Å². The lowest BCUT2D eigenvalue weighted by Gasteiger charge is -2.33. The molecule has 27 heavy (non-hydrogen) atoms. The molecule has 1 atom stereocenters. The van der Waals surface area contributed by atoms with Crippen molar-refractivity contribution in [2.24, 2.45) is 0 Å². The van der Waals surface area contributed by atoms with Gasteiger partial charge in [-0.1, -0.05) is 29.8 Å². The van der Waals surface area contributed by atoms with E-state index in [9.17, 15) is 4.79 Å². The maximum Gasteiger partial charge on any atom is 0.249 e. The van der Waals surface area contributed by atoms with Gasteiger partial charge in [-0.2, -0.15) is 0 Å². The van der Waals surface area contributed by atoms with Gasteiger partial charge in [-0.05, 0) is 43.9 Å². The van der Waals surface area contributed by atoms with Crippen molar-refractivity contribution in [2.45, 2.75) is 37.8 Å². The molecule has 2 aliphatic heterocycles. The van der Waals surface area contributed by atoms with E-state index in [1.807, 2.05) is 36.4 Å². The third-order valence-electron chi connectivity index (χ3n) is 5.19. The predicted octanol–water partition coefficient (Wildman–Crippen LogP) is 3.06. The SMILES string of the molecule is O=C(NC1CCN(c2ccc(-c3ccccc3Cl)nn2)CC1)[C@@H]1CCCO1. The number of nitrogens with zero attached hydrogens (tertiary/aromatic N) is 3. The molecule has 0 aliphatic carbocycles. The highest BCUT2D eigenvalue weighted by atomic mass is 35.5. The van der Waals surface area contributed by atoms with Gasteiger partial charge in [0.1, 0.15) is 6.10 Å². The zero-order chi connectivity index (χ0) is 18.6. The van der Waals surface area contributed by atoms with Crippen LogP contribution in [0, 0.1) is 0 Å². The normalized spacial score (nSPS) is 20.6. The summed E-state index contributed by atoms with van der Waals surface area (Å²) in [5, 5.41) is 12.5. The third kappa shape index (κ3) is 4.22. The molecule has 2 saturated heterocycles. The minimum atomic E-state index is -0.258. The van der Waals surface area contributed by atoms with Crippen LogP contribution in [0.15, 0.2) is 36.4 Å². The first kappa shape index (κ1) is 18.2. The van der Waals surface area contributed by atoms with Crippen LogP contribution < -0.4 is 10.2 Å². The van der Waals surface area contributed by atoms with Crippen molar-refractivity contribution in [1.29, 1.82) is 0 Å². The molecular weight excluding hydrogens is 364 g/mol. The summed E-state index contributed by atoms with van der Waals surface area (Å²) in [7, 11) is 0. The number of piperidine rings is 1. The van der Waals surface area contributed by atoms with Crippen molar-refractivity contribution < 1.29 is 9.53 Å². The number of nitrogens with one attached hydrogen (secondary N) is 1. The van der Waals surface area contributed by atoms with Crippen molar-refractivity contribution in [3.63, 3.8) is 0 Å². The largest absolute Gasteiger partial charge is 0.368 e. The van der Waals surface area contributed by atoms with E-state index in [0.717, 1.165) is 55.8 Å². The highest BCUT2D eigenvalue weighted by molar-refractivity contribution is 6.33. The van der Waals surface area contributed by atoms with Gasteiger partial charge in [-0.3, -0.25) is 4.79 Å². The number of halogens is 1. The molecule has 2 fully saturated rings. The molecule has 0 unspecified atom stereocenters. The molecule has 0 saturated carbocycles.